The number of urea groups is 1. The van der Waals surface area contributed by atoms with Crippen LogP contribution >= 0.6 is 0 Å². The first kappa shape index (κ1) is 18.0. The number of fused-ring (bicyclic) bond motifs is 2. The predicted molar refractivity (Wildman–Crippen MR) is 103 cm³/mol. The van der Waals surface area contributed by atoms with Crippen molar-refractivity contribution in [2.45, 2.75) is 24.8 Å². The number of amides is 4. The van der Waals surface area contributed by atoms with Crippen molar-refractivity contribution in [3.05, 3.63) is 59.7 Å². The van der Waals surface area contributed by atoms with Crippen LogP contribution in [0.5, 0.6) is 5.75 Å². The van der Waals surface area contributed by atoms with E-state index in [1.807, 2.05) is 24.3 Å². The maximum absolute atomic E-state index is 13.2. The summed E-state index contributed by atoms with van der Waals surface area (Å²) < 4.78 is 5.21. The average molecular weight is 379 g/mol. The molecule has 1 aliphatic carbocycles. The Morgan fingerprint density at radius 1 is 1.18 bits per heavy atom. The fourth-order valence-corrected chi connectivity index (χ4v) is 4.04. The first-order valence-electron chi connectivity index (χ1n) is 9.20. The van der Waals surface area contributed by atoms with Crippen molar-refractivity contribution in [2.75, 3.05) is 19.0 Å². The highest BCUT2D eigenvalue weighted by atomic mass is 16.5. The number of aryl methyl sites for hydroxylation is 1. The van der Waals surface area contributed by atoms with Crippen molar-refractivity contribution in [3.63, 3.8) is 0 Å². The van der Waals surface area contributed by atoms with Gasteiger partial charge in [-0.1, -0.05) is 36.4 Å². The minimum absolute atomic E-state index is 0.355. The Bertz CT molecular complexity index is 958. The third-order valence-corrected chi connectivity index (χ3v) is 5.33. The van der Waals surface area contributed by atoms with Gasteiger partial charge < -0.3 is 15.4 Å². The van der Waals surface area contributed by atoms with Gasteiger partial charge in [0, 0.05) is 0 Å². The van der Waals surface area contributed by atoms with Gasteiger partial charge in [0.1, 0.15) is 17.8 Å². The van der Waals surface area contributed by atoms with E-state index >= 15 is 0 Å². The molecule has 0 radical (unpaired) electrons. The van der Waals surface area contributed by atoms with Gasteiger partial charge in [-0.3, -0.25) is 14.5 Å². The van der Waals surface area contributed by atoms with Gasteiger partial charge in [0.15, 0.2) is 0 Å². The Labute approximate surface area is 162 Å². The number of hydrogen-bond acceptors (Lipinski definition) is 4. The van der Waals surface area contributed by atoms with E-state index in [1.54, 1.807) is 24.3 Å². The van der Waals surface area contributed by atoms with Crippen LogP contribution in [-0.4, -0.2) is 36.4 Å². The molecule has 2 aromatic rings. The van der Waals surface area contributed by atoms with Crippen molar-refractivity contribution >= 4 is 23.5 Å². The number of rotatable bonds is 4. The number of nitrogens with zero attached hydrogens (tertiary/aromatic N) is 1. The Balaban J connectivity index is 1.55. The standard InChI is InChI=1S/C21H21N3O4/c1-28-17-11-5-4-10-16(17)22-18(25)13-24-19(26)21(23-20(24)27)12-6-8-14-7-2-3-9-15(14)21/h2-5,7,9-11H,6,8,12-13H2,1H3,(H,22,25)(H,23,27)/t21-/m1/s1. The Hall–Kier alpha value is -3.35. The lowest BCUT2D eigenvalue weighted by atomic mass is 9.76. The van der Waals surface area contributed by atoms with E-state index in [2.05, 4.69) is 10.6 Å². The topological polar surface area (TPSA) is 87.7 Å². The summed E-state index contributed by atoms with van der Waals surface area (Å²) in [4.78, 5) is 39.3. The van der Waals surface area contributed by atoms with Crippen molar-refractivity contribution in [3.8, 4) is 5.75 Å². The minimum Gasteiger partial charge on any atom is -0.495 e. The molecule has 144 valence electrons. The summed E-state index contributed by atoms with van der Waals surface area (Å²) in [5.74, 6) is -0.334. The molecule has 2 N–H and O–H groups in total. The van der Waals surface area contributed by atoms with Gasteiger partial charge in [-0.05, 0) is 42.5 Å². The van der Waals surface area contributed by atoms with E-state index in [0.717, 1.165) is 28.9 Å². The molecule has 1 atom stereocenters. The van der Waals surface area contributed by atoms with E-state index in [-0.39, 0.29) is 12.5 Å². The summed E-state index contributed by atoms with van der Waals surface area (Å²) in [6, 6.07) is 14.1. The second-order valence-corrected chi connectivity index (χ2v) is 6.99. The third kappa shape index (κ3) is 2.89. The van der Waals surface area contributed by atoms with Crippen LogP contribution in [0.1, 0.15) is 24.0 Å². The van der Waals surface area contributed by atoms with Crippen molar-refractivity contribution in [2.24, 2.45) is 0 Å². The molecule has 0 bridgehead atoms. The summed E-state index contributed by atoms with van der Waals surface area (Å²) in [5.41, 5.74) is 1.30. The zero-order chi connectivity index (χ0) is 19.7. The van der Waals surface area contributed by atoms with Crippen LogP contribution in [0.3, 0.4) is 0 Å². The maximum Gasteiger partial charge on any atom is 0.325 e. The van der Waals surface area contributed by atoms with Gasteiger partial charge in [-0.2, -0.15) is 0 Å². The van der Waals surface area contributed by atoms with E-state index in [0.29, 0.717) is 17.9 Å². The summed E-state index contributed by atoms with van der Waals surface area (Å²) >= 11 is 0. The second-order valence-electron chi connectivity index (χ2n) is 6.99. The van der Waals surface area contributed by atoms with Gasteiger partial charge >= 0.3 is 6.03 Å². The molecule has 1 spiro atoms. The second kappa shape index (κ2) is 6.99. The van der Waals surface area contributed by atoms with Gasteiger partial charge in [-0.25, -0.2) is 4.79 Å². The predicted octanol–water partition coefficient (Wildman–Crippen LogP) is 2.42. The summed E-state index contributed by atoms with van der Waals surface area (Å²) in [6.45, 7) is -0.355. The lowest BCUT2D eigenvalue weighted by Crippen LogP contribution is -2.47. The minimum atomic E-state index is -1.07. The van der Waals surface area contributed by atoms with Crippen LogP contribution in [0.2, 0.25) is 0 Å². The molecule has 4 amide bonds. The van der Waals surface area contributed by atoms with Crippen LogP contribution in [0, 0.1) is 0 Å². The highest BCUT2D eigenvalue weighted by molar-refractivity contribution is 6.10. The first-order chi connectivity index (χ1) is 13.5. The molecule has 0 saturated carbocycles. The lowest BCUT2D eigenvalue weighted by molar-refractivity contribution is -0.134. The number of hydrogen-bond donors (Lipinski definition) is 2. The van der Waals surface area contributed by atoms with E-state index in [9.17, 15) is 14.4 Å². The Morgan fingerprint density at radius 3 is 2.75 bits per heavy atom. The number of anilines is 1. The smallest absolute Gasteiger partial charge is 0.325 e. The molecule has 1 saturated heterocycles. The Morgan fingerprint density at radius 2 is 1.93 bits per heavy atom. The number of carbonyl (C=O) groups is 3. The molecular formula is C21H21N3O4. The summed E-state index contributed by atoms with van der Waals surface area (Å²) in [7, 11) is 1.51. The molecule has 7 heteroatoms. The van der Waals surface area contributed by atoms with Crippen molar-refractivity contribution in [1.82, 2.24) is 10.2 Å². The number of carbonyl (C=O) groups excluding carboxylic acids is 3. The van der Waals surface area contributed by atoms with Gasteiger partial charge in [0.05, 0.1) is 12.8 Å². The number of benzene rings is 2. The molecule has 2 aromatic carbocycles. The normalized spacial score (nSPS) is 20.7. The van der Waals surface area contributed by atoms with Gasteiger partial charge in [-0.15, -0.1) is 0 Å². The summed E-state index contributed by atoms with van der Waals surface area (Å²) in [6.07, 6.45) is 2.19. The quantitative estimate of drug-likeness (QED) is 0.799. The molecule has 0 aromatic heterocycles. The maximum atomic E-state index is 13.2. The number of methoxy groups -OCH3 is 1. The van der Waals surface area contributed by atoms with E-state index in [4.69, 9.17) is 4.74 Å². The number of para-hydroxylation sites is 2. The van der Waals surface area contributed by atoms with Crippen LogP contribution in [-0.2, 0) is 21.5 Å². The third-order valence-electron chi connectivity index (χ3n) is 5.33. The molecule has 28 heavy (non-hydrogen) atoms. The molecule has 1 fully saturated rings. The number of nitrogens with one attached hydrogen (secondary N) is 2. The zero-order valence-electron chi connectivity index (χ0n) is 15.5. The number of ether oxygens (including phenoxy) is 1. The van der Waals surface area contributed by atoms with Gasteiger partial charge in [0.25, 0.3) is 5.91 Å². The fraction of sp³-hybridized carbons (Fsp3) is 0.286. The molecular weight excluding hydrogens is 358 g/mol. The SMILES string of the molecule is COc1ccccc1NC(=O)CN1C(=O)N[C@@]2(CCCc3ccccc32)C1=O. The molecule has 1 heterocycles. The highest BCUT2D eigenvalue weighted by Gasteiger charge is 2.54. The van der Waals surface area contributed by atoms with Crippen molar-refractivity contribution in [1.29, 1.82) is 0 Å². The number of imide groups is 1. The van der Waals surface area contributed by atoms with E-state index in [1.165, 1.54) is 7.11 Å². The molecule has 4 rings (SSSR count). The molecule has 0 unspecified atom stereocenters. The van der Waals surface area contributed by atoms with Crippen LogP contribution in [0.4, 0.5) is 10.5 Å². The largest absolute Gasteiger partial charge is 0.495 e. The first-order valence-corrected chi connectivity index (χ1v) is 9.20. The monoisotopic (exact) mass is 379 g/mol. The van der Waals surface area contributed by atoms with E-state index < -0.39 is 17.5 Å². The van der Waals surface area contributed by atoms with Crippen LogP contribution in [0.15, 0.2) is 48.5 Å². The Kier molecular flexibility index (Phi) is 4.50. The fourth-order valence-electron chi connectivity index (χ4n) is 4.04. The highest BCUT2D eigenvalue weighted by Crippen LogP contribution is 2.39. The van der Waals surface area contributed by atoms with Crippen LogP contribution in [0.25, 0.3) is 0 Å². The molecule has 2 aliphatic rings. The van der Waals surface area contributed by atoms with Gasteiger partial charge in [0.2, 0.25) is 5.91 Å². The lowest BCUT2D eigenvalue weighted by Gasteiger charge is -2.33. The molecule has 1 aliphatic heterocycles. The average Bonchev–Trinajstić information content (AvgIpc) is 2.93. The molecule has 7 nitrogen and oxygen atoms in total. The summed E-state index contributed by atoms with van der Waals surface area (Å²) in [5, 5.41) is 5.55. The zero-order valence-corrected chi connectivity index (χ0v) is 15.5. The van der Waals surface area contributed by atoms with Crippen LogP contribution < -0.4 is 15.4 Å². The van der Waals surface area contributed by atoms with Crippen molar-refractivity contribution < 1.29 is 19.1 Å².